The second-order valence-corrected chi connectivity index (χ2v) is 5.03. The summed E-state index contributed by atoms with van der Waals surface area (Å²) in [6, 6.07) is 14.7. The van der Waals surface area contributed by atoms with E-state index >= 15 is 0 Å². The van der Waals surface area contributed by atoms with Gasteiger partial charge in [-0.25, -0.2) is 0 Å². The van der Waals surface area contributed by atoms with Crippen LogP contribution in [0.1, 0.15) is 37.6 Å². The number of benzene rings is 1. The van der Waals surface area contributed by atoms with E-state index in [0.29, 0.717) is 6.61 Å². The molecule has 1 aromatic heterocycles. The van der Waals surface area contributed by atoms with E-state index in [-0.39, 0.29) is 6.04 Å². The lowest BCUT2D eigenvalue weighted by molar-refractivity contribution is 0.340. The highest BCUT2D eigenvalue weighted by Crippen LogP contribution is 2.21. The summed E-state index contributed by atoms with van der Waals surface area (Å²) in [5.74, 6) is 0.924. The van der Waals surface area contributed by atoms with Crippen molar-refractivity contribution >= 4 is 0 Å². The van der Waals surface area contributed by atoms with Gasteiger partial charge in [-0.05, 0) is 49.7 Å². The van der Waals surface area contributed by atoms with E-state index in [4.69, 9.17) is 4.74 Å². The van der Waals surface area contributed by atoms with E-state index in [1.54, 1.807) is 0 Å². The summed E-state index contributed by atoms with van der Waals surface area (Å²) in [6.07, 6.45) is 3.87. The molecule has 1 heterocycles. The Labute approximate surface area is 127 Å². The van der Waals surface area contributed by atoms with Crippen molar-refractivity contribution in [3.63, 3.8) is 0 Å². The maximum atomic E-state index is 5.51. The number of hydrogen-bond donors (Lipinski definition) is 1. The van der Waals surface area contributed by atoms with Gasteiger partial charge in [0.15, 0.2) is 0 Å². The molecule has 1 atom stereocenters. The molecule has 0 bridgehead atoms. The van der Waals surface area contributed by atoms with E-state index in [1.165, 1.54) is 5.56 Å². The Bertz CT molecular complexity index is 511. The summed E-state index contributed by atoms with van der Waals surface area (Å²) in [5.41, 5.74) is 2.39. The van der Waals surface area contributed by atoms with Crippen LogP contribution in [-0.4, -0.2) is 18.1 Å². The molecule has 3 heteroatoms. The maximum absolute atomic E-state index is 5.51. The zero-order chi connectivity index (χ0) is 14.9. The van der Waals surface area contributed by atoms with Crippen LogP contribution >= 0.6 is 0 Å². The number of nitrogens with zero attached hydrogens (tertiary/aromatic N) is 1. The van der Waals surface area contributed by atoms with Gasteiger partial charge in [0.05, 0.1) is 6.61 Å². The first kappa shape index (κ1) is 15.5. The fourth-order valence-electron chi connectivity index (χ4n) is 2.32. The molecule has 0 aliphatic heterocycles. The van der Waals surface area contributed by atoms with E-state index in [1.807, 2.05) is 37.4 Å². The van der Waals surface area contributed by atoms with Crippen LogP contribution in [-0.2, 0) is 6.42 Å². The van der Waals surface area contributed by atoms with Crippen LogP contribution in [0.4, 0.5) is 0 Å². The standard InChI is InChI=1S/C18H24N2O/c1-3-12-20-18(14-16-7-5-6-13-19-16)15-8-10-17(11-9-15)21-4-2/h5-11,13,18,20H,3-4,12,14H2,1-2H3. The summed E-state index contributed by atoms with van der Waals surface area (Å²) in [6.45, 7) is 5.89. The first-order chi connectivity index (χ1) is 10.3. The largest absolute Gasteiger partial charge is 0.494 e. The number of pyridine rings is 1. The van der Waals surface area contributed by atoms with Crippen LogP contribution in [0.2, 0.25) is 0 Å². The normalized spacial score (nSPS) is 12.1. The van der Waals surface area contributed by atoms with Crippen LogP contribution in [0.3, 0.4) is 0 Å². The molecule has 0 amide bonds. The van der Waals surface area contributed by atoms with Crippen LogP contribution < -0.4 is 10.1 Å². The first-order valence-corrected chi connectivity index (χ1v) is 7.69. The van der Waals surface area contributed by atoms with Gasteiger partial charge in [-0.15, -0.1) is 0 Å². The molecule has 0 radical (unpaired) electrons. The molecule has 0 spiro atoms. The molecular formula is C18H24N2O. The predicted molar refractivity (Wildman–Crippen MR) is 86.6 cm³/mol. The summed E-state index contributed by atoms with van der Waals surface area (Å²) >= 11 is 0. The number of hydrogen-bond acceptors (Lipinski definition) is 3. The number of nitrogens with one attached hydrogen (secondary N) is 1. The van der Waals surface area contributed by atoms with Gasteiger partial charge in [0.2, 0.25) is 0 Å². The fourth-order valence-corrected chi connectivity index (χ4v) is 2.32. The van der Waals surface area contributed by atoms with Gasteiger partial charge in [-0.1, -0.05) is 25.1 Å². The topological polar surface area (TPSA) is 34.2 Å². The third-order valence-corrected chi connectivity index (χ3v) is 3.37. The van der Waals surface area contributed by atoms with Crippen LogP contribution in [0.25, 0.3) is 0 Å². The van der Waals surface area contributed by atoms with Crippen molar-refractivity contribution < 1.29 is 4.74 Å². The molecule has 1 unspecified atom stereocenters. The van der Waals surface area contributed by atoms with Crippen molar-refractivity contribution in [3.8, 4) is 5.75 Å². The summed E-state index contributed by atoms with van der Waals surface area (Å²) in [5, 5.41) is 3.60. The molecule has 1 aromatic carbocycles. The van der Waals surface area contributed by atoms with Gasteiger partial charge in [0.25, 0.3) is 0 Å². The Morgan fingerprint density at radius 2 is 1.90 bits per heavy atom. The van der Waals surface area contributed by atoms with Crippen molar-refractivity contribution in [2.24, 2.45) is 0 Å². The van der Waals surface area contributed by atoms with Gasteiger partial charge < -0.3 is 10.1 Å². The van der Waals surface area contributed by atoms with Gasteiger partial charge in [0.1, 0.15) is 5.75 Å². The summed E-state index contributed by atoms with van der Waals surface area (Å²) in [7, 11) is 0. The summed E-state index contributed by atoms with van der Waals surface area (Å²) < 4.78 is 5.51. The molecule has 0 aliphatic rings. The second-order valence-electron chi connectivity index (χ2n) is 5.03. The molecule has 21 heavy (non-hydrogen) atoms. The monoisotopic (exact) mass is 284 g/mol. The summed E-state index contributed by atoms with van der Waals surface area (Å²) in [4.78, 5) is 4.43. The Hall–Kier alpha value is -1.87. The number of aromatic nitrogens is 1. The molecular weight excluding hydrogens is 260 g/mol. The SMILES string of the molecule is CCCNC(Cc1ccccn1)c1ccc(OCC)cc1. The second kappa shape index (κ2) is 8.42. The molecule has 0 saturated heterocycles. The van der Waals surface area contributed by atoms with E-state index in [9.17, 15) is 0 Å². The van der Waals surface area contributed by atoms with Crippen molar-refractivity contribution in [1.29, 1.82) is 0 Å². The average molecular weight is 284 g/mol. The Morgan fingerprint density at radius 3 is 2.52 bits per heavy atom. The third kappa shape index (κ3) is 4.87. The van der Waals surface area contributed by atoms with E-state index in [2.05, 4.69) is 35.4 Å². The lowest BCUT2D eigenvalue weighted by Crippen LogP contribution is -2.24. The molecule has 0 saturated carbocycles. The zero-order valence-corrected chi connectivity index (χ0v) is 12.9. The van der Waals surface area contributed by atoms with Crippen LogP contribution in [0.15, 0.2) is 48.7 Å². The fraction of sp³-hybridized carbons (Fsp3) is 0.389. The van der Waals surface area contributed by atoms with Crippen LogP contribution in [0.5, 0.6) is 5.75 Å². The average Bonchev–Trinajstić information content (AvgIpc) is 2.53. The minimum atomic E-state index is 0.288. The first-order valence-electron chi connectivity index (χ1n) is 7.69. The van der Waals surface area contributed by atoms with Crippen molar-refractivity contribution in [1.82, 2.24) is 10.3 Å². The minimum absolute atomic E-state index is 0.288. The molecule has 3 nitrogen and oxygen atoms in total. The minimum Gasteiger partial charge on any atom is -0.494 e. The third-order valence-electron chi connectivity index (χ3n) is 3.37. The van der Waals surface area contributed by atoms with Crippen molar-refractivity contribution in [2.75, 3.05) is 13.2 Å². The highest BCUT2D eigenvalue weighted by molar-refractivity contribution is 5.30. The highest BCUT2D eigenvalue weighted by Gasteiger charge is 2.12. The quantitative estimate of drug-likeness (QED) is 0.801. The maximum Gasteiger partial charge on any atom is 0.119 e. The molecule has 1 N–H and O–H groups in total. The lowest BCUT2D eigenvalue weighted by atomic mass is 10.0. The van der Waals surface area contributed by atoms with Gasteiger partial charge in [0, 0.05) is 24.4 Å². The highest BCUT2D eigenvalue weighted by atomic mass is 16.5. The van der Waals surface area contributed by atoms with Crippen LogP contribution in [0, 0.1) is 0 Å². The molecule has 0 aliphatic carbocycles. The molecule has 2 rings (SSSR count). The zero-order valence-electron chi connectivity index (χ0n) is 12.9. The Kier molecular flexibility index (Phi) is 6.22. The van der Waals surface area contributed by atoms with Gasteiger partial charge in [-0.3, -0.25) is 4.98 Å². The smallest absolute Gasteiger partial charge is 0.119 e. The predicted octanol–water partition coefficient (Wildman–Crippen LogP) is 3.76. The lowest BCUT2D eigenvalue weighted by Gasteiger charge is -2.19. The Morgan fingerprint density at radius 1 is 1.10 bits per heavy atom. The number of ether oxygens (including phenoxy) is 1. The van der Waals surface area contributed by atoms with Crippen molar-refractivity contribution in [2.45, 2.75) is 32.7 Å². The van der Waals surface area contributed by atoms with Crippen molar-refractivity contribution in [3.05, 3.63) is 59.9 Å². The molecule has 0 fully saturated rings. The molecule has 112 valence electrons. The van der Waals surface area contributed by atoms with E-state index in [0.717, 1.165) is 30.8 Å². The Balaban J connectivity index is 2.11. The molecule has 2 aromatic rings. The number of rotatable bonds is 8. The van der Waals surface area contributed by atoms with Gasteiger partial charge >= 0.3 is 0 Å². The van der Waals surface area contributed by atoms with E-state index < -0.39 is 0 Å². The van der Waals surface area contributed by atoms with Gasteiger partial charge in [-0.2, -0.15) is 0 Å².